The van der Waals surface area contributed by atoms with Gasteiger partial charge >= 0.3 is 0 Å². The Morgan fingerprint density at radius 3 is 2.43 bits per heavy atom. The SMILES string of the molecule is Cc1ccc(NC(=O)c2cc(-c3ccc(Cl)cc3)nc3ccccc23)c(C)c1. The molecule has 0 bridgehead atoms. The van der Waals surface area contributed by atoms with Gasteiger partial charge in [0.05, 0.1) is 16.8 Å². The van der Waals surface area contributed by atoms with E-state index in [0.717, 1.165) is 39.0 Å². The van der Waals surface area contributed by atoms with Gasteiger partial charge in [-0.15, -0.1) is 0 Å². The quantitative estimate of drug-likeness (QED) is 0.441. The minimum absolute atomic E-state index is 0.152. The van der Waals surface area contributed by atoms with Crippen molar-refractivity contribution < 1.29 is 4.79 Å². The largest absolute Gasteiger partial charge is 0.322 e. The maximum Gasteiger partial charge on any atom is 0.256 e. The van der Waals surface area contributed by atoms with Crippen LogP contribution in [0.1, 0.15) is 21.5 Å². The van der Waals surface area contributed by atoms with Gasteiger partial charge in [0, 0.05) is 21.7 Å². The van der Waals surface area contributed by atoms with Crippen LogP contribution in [0.3, 0.4) is 0 Å². The lowest BCUT2D eigenvalue weighted by atomic mass is 10.0. The van der Waals surface area contributed by atoms with Crippen molar-refractivity contribution in [3.8, 4) is 11.3 Å². The van der Waals surface area contributed by atoms with Crippen LogP contribution >= 0.6 is 11.6 Å². The smallest absolute Gasteiger partial charge is 0.256 e. The number of nitrogens with zero attached hydrogens (tertiary/aromatic N) is 1. The molecule has 138 valence electrons. The second kappa shape index (κ2) is 7.45. The van der Waals surface area contributed by atoms with Gasteiger partial charge in [0.15, 0.2) is 0 Å². The van der Waals surface area contributed by atoms with Crippen LogP contribution in [0.2, 0.25) is 5.02 Å². The zero-order valence-electron chi connectivity index (χ0n) is 15.7. The highest BCUT2D eigenvalue weighted by Gasteiger charge is 2.15. The fraction of sp³-hybridized carbons (Fsp3) is 0.0833. The summed E-state index contributed by atoms with van der Waals surface area (Å²) < 4.78 is 0. The number of aromatic nitrogens is 1. The molecule has 1 N–H and O–H groups in total. The van der Waals surface area contributed by atoms with Crippen molar-refractivity contribution in [2.24, 2.45) is 0 Å². The zero-order chi connectivity index (χ0) is 19.7. The Labute approximate surface area is 169 Å². The van der Waals surface area contributed by atoms with E-state index in [9.17, 15) is 4.79 Å². The van der Waals surface area contributed by atoms with E-state index in [1.54, 1.807) is 0 Å². The Morgan fingerprint density at radius 1 is 0.929 bits per heavy atom. The van der Waals surface area contributed by atoms with E-state index in [1.807, 2.05) is 80.6 Å². The molecule has 4 aromatic rings. The average molecular weight is 387 g/mol. The molecule has 0 radical (unpaired) electrons. The number of amides is 1. The minimum Gasteiger partial charge on any atom is -0.322 e. The molecule has 3 nitrogen and oxygen atoms in total. The summed E-state index contributed by atoms with van der Waals surface area (Å²) in [5, 5.41) is 4.53. The van der Waals surface area contributed by atoms with Crippen LogP contribution in [0.25, 0.3) is 22.2 Å². The highest BCUT2D eigenvalue weighted by Crippen LogP contribution is 2.27. The van der Waals surface area contributed by atoms with E-state index in [4.69, 9.17) is 16.6 Å². The molecule has 28 heavy (non-hydrogen) atoms. The van der Waals surface area contributed by atoms with Gasteiger partial charge in [0.25, 0.3) is 5.91 Å². The fourth-order valence-corrected chi connectivity index (χ4v) is 3.40. The summed E-state index contributed by atoms with van der Waals surface area (Å²) in [6.45, 7) is 4.03. The number of para-hydroxylation sites is 1. The molecule has 0 saturated carbocycles. The second-order valence-corrected chi connectivity index (χ2v) is 7.29. The Kier molecular flexibility index (Phi) is 4.84. The number of hydrogen-bond acceptors (Lipinski definition) is 2. The molecule has 4 heteroatoms. The molecule has 0 aliphatic carbocycles. The van der Waals surface area contributed by atoms with Crippen molar-refractivity contribution in [1.29, 1.82) is 0 Å². The number of nitrogens with one attached hydrogen (secondary N) is 1. The molecular weight excluding hydrogens is 368 g/mol. The highest BCUT2D eigenvalue weighted by atomic mass is 35.5. The summed E-state index contributed by atoms with van der Waals surface area (Å²) in [5.74, 6) is -0.152. The number of anilines is 1. The summed E-state index contributed by atoms with van der Waals surface area (Å²) in [6, 6.07) is 23.0. The molecule has 0 unspecified atom stereocenters. The van der Waals surface area contributed by atoms with Crippen molar-refractivity contribution >= 4 is 34.1 Å². The third kappa shape index (κ3) is 3.62. The average Bonchev–Trinajstić information content (AvgIpc) is 2.69. The molecule has 1 amide bonds. The van der Waals surface area contributed by atoms with E-state index in [0.29, 0.717) is 10.6 Å². The van der Waals surface area contributed by atoms with Crippen LogP contribution in [-0.4, -0.2) is 10.9 Å². The van der Waals surface area contributed by atoms with Gasteiger partial charge in [-0.25, -0.2) is 4.98 Å². The highest BCUT2D eigenvalue weighted by molar-refractivity contribution is 6.30. The number of halogens is 1. The van der Waals surface area contributed by atoms with Crippen molar-refractivity contribution in [2.45, 2.75) is 13.8 Å². The molecule has 0 spiro atoms. The van der Waals surface area contributed by atoms with Gasteiger partial charge in [-0.3, -0.25) is 4.79 Å². The first-order chi connectivity index (χ1) is 13.5. The third-order valence-corrected chi connectivity index (χ3v) is 4.98. The van der Waals surface area contributed by atoms with Crippen LogP contribution in [0.15, 0.2) is 72.8 Å². The van der Waals surface area contributed by atoms with Crippen molar-refractivity contribution in [3.05, 3.63) is 94.5 Å². The van der Waals surface area contributed by atoms with Gasteiger partial charge < -0.3 is 5.32 Å². The van der Waals surface area contributed by atoms with Gasteiger partial charge in [-0.2, -0.15) is 0 Å². The monoisotopic (exact) mass is 386 g/mol. The maximum atomic E-state index is 13.1. The van der Waals surface area contributed by atoms with Gasteiger partial charge in [-0.05, 0) is 49.7 Å². The molecule has 0 saturated heterocycles. The number of pyridine rings is 1. The Balaban J connectivity index is 1.80. The van der Waals surface area contributed by atoms with Crippen LogP contribution in [0, 0.1) is 13.8 Å². The third-order valence-electron chi connectivity index (χ3n) is 4.73. The summed E-state index contributed by atoms with van der Waals surface area (Å²) in [4.78, 5) is 17.9. The zero-order valence-corrected chi connectivity index (χ0v) is 16.4. The summed E-state index contributed by atoms with van der Waals surface area (Å²) >= 11 is 6.01. The predicted octanol–water partition coefficient (Wildman–Crippen LogP) is 6.42. The van der Waals surface area contributed by atoms with Crippen molar-refractivity contribution in [1.82, 2.24) is 4.98 Å². The summed E-state index contributed by atoms with van der Waals surface area (Å²) in [6.07, 6.45) is 0. The molecule has 0 aliphatic rings. The number of hydrogen-bond donors (Lipinski definition) is 1. The van der Waals surface area contributed by atoms with Crippen molar-refractivity contribution in [2.75, 3.05) is 5.32 Å². The molecule has 0 fully saturated rings. The number of benzene rings is 3. The van der Waals surface area contributed by atoms with E-state index in [-0.39, 0.29) is 5.91 Å². The van der Waals surface area contributed by atoms with E-state index in [2.05, 4.69) is 11.4 Å². The van der Waals surface area contributed by atoms with Crippen LogP contribution in [-0.2, 0) is 0 Å². The first-order valence-electron chi connectivity index (χ1n) is 9.05. The molecule has 1 aromatic heterocycles. The lowest BCUT2D eigenvalue weighted by molar-refractivity contribution is 0.102. The second-order valence-electron chi connectivity index (χ2n) is 6.85. The molecule has 3 aromatic carbocycles. The van der Waals surface area contributed by atoms with Crippen LogP contribution < -0.4 is 5.32 Å². The lowest BCUT2D eigenvalue weighted by Gasteiger charge is -2.12. The van der Waals surface area contributed by atoms with Gasteiger partial charge in [0.1, 0.15) is 0 Å². The van der Waals surface area contributed by atoms with Crippen LogP contribution in [0.5, 0.6) is 0 Å². The van der Waals surface area contributed by atoms with Gasteiger partial charge in [-0.1, -0.05) is 59.6 Å². The number of carbonyl (C=O) groups is 1. The number of carbonyl (C=O) groups excluding carboxylic acids is 1. The first-order valence-corrected chi connectivity index (χ1v) is 9.43. The van der Waals surface area contributed by atoms with E-state index in [1.165, 1.54) is 0 Å². The first kappa shape index (κ1) is 18.2. The number of aryl methyl sites for hydroxylation is 2. The summed E-state index contributed by atoms with van der Waals surface area (Å²) in [5.41, 5.74) is 6.03. The van der Waals surface area contributed by atoms with Crippen molar-refractivity contribution in [3.63, 3.8) is 0 Å². The number of fused-ring (bicyclic) bond motifs is 1. The molecule has 0 aliphatic heterocycles. The summed E-state index contributed by atoms with van der Waals surface area (Å²) in [7, 11) is 0. The Morgan fingerprint density at radius 2 is 1.68 bits per heavy atom. The lowest BCUT2D eigenvalue weighted by Crippen LogP contribution is -2.14. The molecule has 0 atom stereocenters. The maximum absolute atomic E-state index is 13.1. The molecular formula is C24H19ClN2O. The standard InChI is InChI=1S/C24H19ClN2O/c1-15-7-12-21(16(2)13-15)27-24(28)20-14-23(17-8-10-18(25)11-9-17)26-22-6-4-3-5-19(20)22/h3-14H,1-2H3,(H,27,28). The van der Waals surface area contributed by atoms with E-state index < -0.39 is 0 Å². The minimum atomic E-state index is -0.152. The Bertz CT molecular complexity index is 1180. The molecule has 1 heterocycles. The Hall–Kier alpha value is -3.17. The van der Waals surface area contributed by atoms with E-state index >= 15 is 0 Å². The predicted molar refractivity (Wildman–Crippen MR) is 116 cm³/mol. The molecule has 4 rings (SSSR count). The number of rotatable bonds is 3. The fourth-order valence-electron chi connectivity index (χ4n) is 3.28. The topological polar surface area (TPSA) is 42.0 Å². The van der Waals surface area contributed by atoms with Crippen LogP contribution in [0.4, 0.5) is 5.69 Å². The van der Waals surface area contributed by atoms with Gasteiger partial charge in [0.2, 0.25) is 0 Å². The normalized spacial score (nSPS) is 10.8.